The van der Waals surface area contributed by atoms with Gasteiger partial charge in [-0.05, 0) is 43.2 Å². The monoisotopic (exact) mass is 241 g/mol. The maximum atomic E-state index is 9.50. The van der Waals surface area contributed by atoms with Gasteiger partial charge in [0.2, 0.25) is 0 Å². The van der Waals surface area contributed by atoms with Gasteiger partial charge >= 0.3 is 0 Å². The summed E-state index contributed by atoms with van der Waals surface area (Å²) in [4.78, 5) is 2.15. The van der Waals surface area contributed by atoms with E-state index in [1.54, 1.807) is 6.92 Å². The van der Waals surface area contributed by atoms with Crippen molar-refractivity contribution < 1.29 is 5.11 Å². The van der Waals surface area contributed by atoms with Crippen LogP contribution >= 0.6 is 0 Å². The topological polar surface area (TPSA) is 23.5 Å². The van der Waals surface area contributed by atoms with Crippen molar-refractivity contribution in [3.63, 3.8) is 0 Å². The number of aryl methyl sites for hydroxylation is 1. The lowest BCUT2D eigenvalue weighted by atomic mass is 10.1. The second kappa shape index (κ2) is 5.23. The van der Waals surface area contributed by atoms with Crippen LogP contribution in [0.15, 0.2) is 48.5 Å². The summed E-state index contributed by atoms with van der Waals surface area (Å²) in [5, 5.41) is 9.50. The number of anilines is 2. The van der Waals surface area contributed by atoms with Crippen LogP contribution in [0.5, 0.6) is 0 Å². The Kier molecular flexibility index (Phi) is 3.68. The van der Waals surface area contributed by atoms with Crippen LogP contribution in [0, 0.1) is 6.92 Å². The first-order valence-electron chi connectivity index (χ1n) is 6.17. The van der Waals surface area contributed by atoms with Gasteiger partial charge in [0.1, 0.15) is 0 Å². The highest BCUT2D eigenvalue weighted by Crippen LogP contribution is 2.27. The second-order valence-electron chi connectivity index (χ2n) is 4.61. The normalized spacial score (nSPS) is 12.2. The van der Waals surface area contributed by atoms with E-state index >= 15 is 0 Å². The maximum Gasteiger partial charge on any atom is 0.0761 e. The number of aliphatic hydroxyl groups is 1. The number of rotatable bonds is 3. The van der Waals surface area contributed by atoms with Gasteiger partial charge in [-0.25, -0.2) is 0 Å². The van der Waals surface area contributed by atoms with Crippen molar-refractivity contribution in [2.24, 2.45) is 0 Å². The first-order valence-corrected chi connectivity index (χ1v) is 6.17. The van der Waals surface area contributed by atoms with Crippen molar-refractivity contribution in [2.45, 2.75) is 20.0 Å². The summed E-state index contributed by atoms with van der Waals surface area (Å²) in [6.45, 7) is 3.88. The van der Waals surface area contributed by atoms with Crippen molar-refractivity contribution in [1.82, 2.24) is 0 Å². The van der Waals surface area contributed by atoms with Gasteiger partial charge in [-0.1, -0.05) is 30.3 Å². The summed E-state index contributed by atoms with van der Waals surface area (Å²) < 4.78 is 0. The minimum Gasteiger partial charge on any atom is -0.389 e. The molecule has 94 valence electrons. The van der Waals surface area contributed by atoms with Gasteiger partial charge < -0.3 is 10.0 Å². The van der Waals surface area contributed by atoms with Gasteiger partial charge in [0.05, 0.1) is 6.10 Å². The lowest BCUT2D eigenvalue weighted by molar-refractivity contribution is 0.199. The molecule has 18 heavy (non-hydrogen) atoms. The Morgan fingerprint density at radius 3 is 2.17 bits per heavy atom. The largest absolute Gasteiger partial charge is 0.389 e. The van der Waals surface area contributed by atoms with E-state index in [1.165, 1.54) is 11.3 Å². The Bertz CT molecular complexity index is 517. The molecule has 0 heterocycles. The number of para-hydroxylation sites is 1. The predicted molar refractivity (Wildman–Crippen MR) is 76.3 cm³/mol. The third-order valence-corrected chi connectivity index (χ3v) is 3.24. The molecule has 1 atom stereocenters. The molecular formula is C16H19NO. The molecule has 2 rings (SSSR count). The highest BCUT2D eigenvalue weighted by molar-refractivity contribution is 5.65. The Morgan fingerprint density at radius 2 is 1.61 bits per heavy atom. The molecule has 0 aliphatic heterocycles. The van der Waals surface area contributed by atoms with Crippen LogP contribution in [-0.2, 0) is 0 Å². The zero-order valence-electron chi connectivity index (χ0n) is 11.1. The number of nitrogens with zero attached hydrogens (tertiary/aromatic N) is 1. The molecule has 1 N–H and O–H groups in total. The van der Waals surface area contributed by atoms with Gasteiger partial charge in [-0.2, -0.15) is 0 Å². The summed E-state index contributed by atoms with van der Waals surface area (Å²) in [5.74, 6) is 0. The summed E-state index contributed by atoms with van der Waals surface area (Å²) in [6, 6.07) is 16.3. The van der Waals surface area contributed by atoms with Crippen LogP contribution in [0.25, 0.3) is 0 Å². The number of hydrogen-bond acceptors (Lipinski definition) is 2. The highest BCUT2D eigenvalue weighted by Gasteiger charge is 2.07. The lowest BCUT2D eigenvalue weighted by Crippen LogP contribution is -2.10. The predicted octanol–water partition coefficient (Wildman–Crippen LogP) is 3.82. The van der Waals surface area contributed by atoms with Crippen LogP contribution in [0.4, 0.5) is 11.4 Å². The smallest absolute Gasteiger partial charge is 0.0761 e. The standard InChI is InChI=1S/C16H19NO/c1-12-6-4-5-7-16(12)17(3)15-10-8-14(9-11-15)13(2)18/h4-11,13,18H,1-3H3/t13-/m1/s1. The molecule has 0 aliphatic rings. The molecule has 0 aromatic heterocycles. The summed E-state index contributed by atoms with van der Waals surface area (Å²) in [6.07, 6.45) is -0.414. The van der Waals surface area contributed by atoms with Crippen molar-refractivity contribution in [3.05, 3.63) is 59.7 Å². The fraction of sp³-hybridized carbons (Fsp3) is 0.250. The van der Waals surface area contributed by atoms with Crippen molar-refractivity contribution in [1.29, 1.82) is 0 Å². The van der Waals surface area contributed by atoms with E-state index in [0.29, 0.717) is 0 Å². The lowest BCUT2D eigenvalue weighted by Gasteiger charge is -2.22. The zero-order valence-corrected chi connectivity index (χ0v) is 11.1. The van der Waals surface area contributed by atoms with Crippen molar-refractivity contribution in [2.75, 3.05) is 11.9 Å². The molecule has 0 saturated carbocycles. The van der Waals surface area contributed by atoms with E-state index in [1.807, 2.05) is 36.4 Å². The second-order valence-corrected chi connectivity index (χ2v) is 4.61. The number of benzene rings is 2. The molecule has 2 aromatic carbocycles. The molecule has 2 nitrogen and oxygen atoms in total. The Balaban J connectivity index is 2.29. The van der Waals surface area contributed by atoms with Gasteiger partial charge in [0.25, 0.3) is 0 Å². The zero-order chi connectivity index (χ0) is 13.1. The summed E-state index contributed by atoms with van der Waals surface area (Å²) >= 11 is 0. The molecule has 0 saturated heterocycles. The maximum absolute atomic E-state index is 9.50. The van der Waals surface area contributed by atoms with Crippen LogP contribution in [-0.4, -0.2) is 12.2 Å². The van der Waals surface area contributed by atoms with Crippen molar-refractivity contribution >= 4 is 11.4 Å². The SMILES string of the molecule is Cc1ccccc1N(C)c1ccc([C@@H](C)O)cc1. The molecular weight excluding hydrogens is 222 g/mol. The van der Waals surface area contributed by atoms with E-state index in [9.17, 15) is 5.11 Å². The average molecular weight is 241 g/mol. The molecule has 2 aromatic rings. The third kappa shape index (κ3) is 2.54. The molecule has 0 radical (unpaired) electrons. The molecule has 0 spiro atoms. The fourth-order valence-electron chi connectivity index (χ4n) is 2.06. The fourth-order valence-corrected chi connectivity index (χ4v) is 2.06. The first-order chi connectivity index (χ1) is 8.59. The molecule has 2 heteroatoms. The van der Waals surface area contributed by atoms with Crippen LogP contribution in [0.2, 0.25) is 0 Å². The van der Waals surface area contributed by atoms with Gasteiger partial charge in [-0.3, -0.25) is 0 Å². The molecule has 0 unspecified atom stereocenters. The number of aliphatic hydroxyl groups excluding tert-OH is 1. The van der Waals surface area contributed by atoms with Crippen LogP contribution < -0.4 is 4.90 Å². The summed E-state index contributed by atoms with van der Waals surface area (Å²) in [7, 11) is 2.06. The molecule has 0 bridgehead atoms. The van der Waals surface area contributed by atoms with Gasteiger partial charge in [0, 0.05) is 18.4 Å². The Hall–Kier alpha value is -1.80. The van der Waals surface area contributed by atoms with E-state index in [-0.39, 0.29) is 0 Å². The van der Waals surface area contributed by atoms with E-state index in [0.717, 1.165) is 11.3 Å². The van der Waals surface area contributed by atoms with E-state index in [4.69, 9.17) is 0 Å². The minimum atomic E-state index is -0.414. The van der Waals surface area contributed by atoms with Gasteiger partial charge in [-0.15, -0.1) is 0 Å². The van der Waals surface area contributed by atoms with Gasteiger partial charge in [0.15, 0.2) is 0 Å². The Labute approximate surface area is 109 Å². The molecule has 0 fully saturated rings. The number of hydrogen-bond donors (Lipinski definition) is 1. The van der Waals surface area contributed by atoms with Crippen LogP contribution in [0.1, 0.15) is 24.2 Å². The third-order valence-electron chi connectivity index (χ3n) is 3.24. The van der Waals surface area contributed by atoms with E-state index in [2.05, 4.69) is 31.0 Å². The molecule has 0 amide bonds. The minimum absolute atomic E-state index is 0.414. The Morgan fingerprint density at radius 1 is 1.00 bits per heavy atom. The first kappa shape index (κ1) is 12.7. The quantitative estimate of drug-likeness (QED) is 0.883. The molecule has 0 aliphatic carbocycles. The summed E-state index contributed by atoms with van der Waals surface area (Å²) in [5.41, 5.74) is 4.51. The average Bonchev–Trinajstić information content (AvgIpc) is 2.38. The van der Waals surface area contributed by atoms with Crippen molar-refractivity contribution in [3.8, 4) is 0 Å². The highest BCUT2D eigenvalue weighted by atomic mass is 16.3. The van der Waals surface area contributed by atoms with Crippen LogP contribution in [0.3, 0.4) is 0 Å². The van der Waals surface area contributed by atoms with E-state index < -0.39 is 6.10 Å².